The summed E-state index contributed by atoms with van der Waals surface area (Å²) >= 11 is 0. The van der Waals surface area contributed by atoms with Gasteiger partial charge in [0.25, 0.3) is 0 Å². The third kappa shape index (κ3) is 1.13. The number of hydrogen-bond acceptors (Lipinski definition) is 2. The van der Waals surface area contributed by atoms with E-state index in [1.807, 2.05) is 0 Å². The number of aliphatic hydroxyl groups excluding tert-OH is 2. The lowest BCUT2D eigenvalue weighted by molar-refractivity contribution is 0.149. The molecule has 1 rings (SSSR count). The Balaban J connectivity index is 2.72. The highest BCUT2D eigenvalue weighted by atomic mass is 16.3. The van der Waals surface area contributed by atoms with Crippen LogP contribution in [-0.4, -0.2) is 22.4 Å². The third-order valence-corrected chi connectivity index (χ3v) is 1.36. The molecule has 0 aliphatic heterocycles. The van der Waals surface area contributed by atoms with Crippen LogP contribution in [0.5, 0.6) is 0 Å². The van der Waals surface area contributed by atoms with Gasteiger partial charge in [-0.3, -0.25) is 0 Å². The minimum absolute atomic E-state index is 0.347. The average molecular weight is 124 g/mol. The normalized spacial score (nSPS) is 33.7. The van der Waals surface area contributed by atoms with E-state index >= 15 is 0 Å². The molecule has 48 valence electrons. The highest BCUT2D eigenvalue weighted by Gasteiger charge is 2.20. The fourth-order valence-corrected chi connectivity index (χ4v) is 0.886. The molecule has 0 aromatic heterocycles. The van der Waals surface area contributed by atoms with E-state index in [0.29, 0.717) is 12.0 Å². The van der Waals surface area contributed by atoms with Gasteiger partial charge in [0.05, 0.1) is 12.2 Å². The molecule has 0 radical (unpaired) electrons. The Bertz CT molecular complexity index is 176. The van der Waals surface area contributed by atoms with E-state index in [4.69, 9.17) is 16.6 Å². The van der Waals surface area contributed by atoms with Gasteiger partial charge in [0, 0.05) is 12.0 Å². The predicted octanol–water partition coefficient (Wildman–Crippen LogP) is -0.329. The highest BCUT2D eigenvalue weighted by Crippen LogP contribution is 2.17. The smallest absolute Gasteiger partial charge is 0.0893 e. The summed E-state index contributed by atoms with van der Waals surface area (Å²) in [6, 6.07) is 0. The van der Waals surface area contributed by atoms with Crippen LogP contribution < -0.4 is 0 Å². The number of terminal acetylenes is 1. The van der Waals surface area contributed by atoms with Crippen LogP contribution in [-0.2, 0) is 0 Å². The van der Waals surface area contributed by atoms with Crippen molar-refractivity contribution in [2.45, 2.75) is 18.6 Å². The van der Waals surface area contributed by atoms with Gasteiger partial charge in [-0.25, -0.2) is 0 Å². The number of rotatable bonds is 0. The van der Waals surface area contributed by atoms with Crippen molar-refractivity contribution in [3.8, 4) is 12.3 Å². The Labute approximate surface area is 53.8 Å². The van der Waals surface area contributed by atoms with Crippen LogP contribution in [0, 0.1) is 12.3 Å². The van der Waals surface area contributed by atoms with E-state index in [-0.39, 0.29) is 0 Å². The Kier molecular flexibility index (Phi) is 1.56. The second-order valence-corrected chi connectivity index (χ2v) is 2.09. The zero-order valence-electron chi connectivity index (χ0n) is 4.91. The van der Waals surface area contributed by atoms with Crippen molar-refractivity contribution in [3.63, 3.8) is 0 Å². The lowest BCUT2D eigenvalue weighted by Gasteiger charge is -1.99. The summed E-state index contributed by atoms with van der Waals surface area (Å²) < 4.78 is 0. The fourth-order valence-electron chi connectivity index (χ4n) is 0.886. The molecule has 0 heterocycles. The van der Waals surface area contributed by atoms with Gasteiger partial charge in [0.15, 0.2) is 0 Å². The molecule has 2 N–H and O–H groups in total. The maximum Gasteiger partial charge on any atom is 0.0893 e. The molecule has 0 spiro atoms. The quantitative estimate of drug-likeness (QED) is 0.434. The van der Waals surface area contributed by atoms with Crippen molar-refractivity contribution in [2.24, 2.45) is 0 Å². The molecule has 0 bridgehead atoms. The maximum atomic E-state index is 8.99. The van der Waals surface area contributed by atoms with Gasteiger partial charge in [-0.15, -0.1) is 6.42 Å². The standard InChI is InChI=1S/C7H8O2/c1-2-5-3-6(8)4-7(5)9/h1,3,6-9H,4H2/t6-,7-/m0/s1. The first-order valence-corrected chi connectivity index (χ1v) is 2.78. The molecule has 2 heteroatoms. The molecule has 0 amide bonds. The Morgan fingerprint density at radius 3 is 2.56 bits per heavy atom. The molecule has 9 heavy (non-hydrogen) atoms. The van der Waals surface area contributed by atoms with Crippen LogP contribution in [0.4, 0.5) is 0 Å². The average Bonchev–Trinajstić information content (AvgIpc) is 2.10. The largest absolute Gasteiger partial charge is 0.389 e. The van der Waals surface area contributed by atoms with Crippen LogP contribution in [0.2, 0.25) is 0 Å². The maximum absolute atomic E-state index is 8.99. The van der Waals surface area contributed by atoms with Crippen molar-refractivity contribution in [3.05, 3.63) is 11.6 Å². The molecular formula is C7H8O2. The van der Waals surface area contributed by atoms with Crippen LogP contribution in [0.15, 0.2) is 11.6 Å². The van der Waals surface area contributed by atoms with Crippen molar-refractivity contribution >= 4 is 0 Å². The number of hydrogen-bond donors (Lipinski definition) is 2. The molecule has 0 fully saturated rings. The summed E-state index contributed by atoms with van der Waals surface area (Å²) in [5.41, 5.74) is 0.502. The molecule has 2 nitrogen and oxygen atoms in total. The Morgan fingerprint density at radius 1 is 1.67 bits per heavy atom. The van der Waals surface area contributed by atoms with E-state index in [1.165, 1.54) is 6.08 Å². The first-order valence-electron chi connectivity index (χ1n) is 2.78. The van der Waals surface area contributed by atoms with Crippen LogP contribution in [0.3, 0.4) is 0 Å². The van der Waals surface area contributed by atoms with Crippen LogP contribution in [0.1, 0.15) is 6.42 Å². The van der Waals surface area contributed by atoms with Gasteiger partial charge < -0.3 is 10.2 Å². The molecule has 1 aliphatic carbocycles. The summed E-state index contributed by atoms with van der Waals surface area (Å²) in [6.07, 6.45) is 5.68. The highest BCUT2D eigenvalue weighted by molar-refractivity contribution is 5.33. The van der Waals surface area contributed by atoms with Gasteiger partial charge in [-0.2, -0.15) is 0 Å². The fraction of sp³-hybridized carbons (Fsp3) is 0.429. The van der Waals surface area contributed by atoms with Gasteiger partial charge in [-0.1, -0.05) is 5.92 Å². The van der Waals surface area contributed by atoms with E-state index in [2.05, 4.69) is 5.92 Å². The van der Waals surface area contributed by atoms with Crippen molar-refractivity contribution in [1.29, 1.82) is 0 Å². The van der Waals surface area contributed by atoms with Crippen molar-refractivity contribution < 1.29 is 10.2 Å². The van der Waals surface area contributed by atoms with E-state index < -0.39 is 12.2 Å². The topological polar surface area (TPSA) is 40.5 Å². The summed E-state index contributed by atoms with van der Waals surface area (Å²) in [5.74, 6) is 2.30. The molecule has 0 saturated carbocycles. The molecule has 0 aromatic rings. The summed E-state index contributed by atoms with van der Waals surface area (Å²) in [5, 5.41) is 17.9. The summed E-state index contributed by atoms with van der Waals surface area (Å²) in [7, 11) is 0. The van der Waals surface area contributed by atoms with Crippen molar-refractivity contribution in [1.82, 2.24) is 0 Å². The van der Waals surface area contributed by atoms with Crippen molar-refractivity contribution in [2.75, 3.05) is 0 Å². The first-order chi connectivity index (χ1) is 4.24. The van der Waals surface area contributed by atoms with Gasteiger partial charge >= 0.3 is 0 Å². The zero-order valence-corrected chi connectivity index (χ0v) is 4.91. The Morgan fingerprint density at radius 2 is 2.33 bits per heavy atom. The second kappa shape index (κ2) is 2.22. The third-order valence-electron chi connectivity index (χ3n) is 1.36. The second-order valence-electron chi connectivity index (χ2n) is 2.09. The predicted molar refractivity (Wildman–Crippen MR) is 33.5 cm³/mol. The molecule has 0 aromatic carbocycles. The first kappa shape index (κ1) is 6.34. The summed E-state index contributed by atoms with van der Waals surface area (Å²) in [4.78, 5) is 0. The van der Waals surface area contributed by atoms with E-state index in [9.17, 15) is 0 Å². The molecule has 1 aliphatic rings. The number of aliphatic hydroxyl groups is 2. The van der Waals surface area contributed by atoms with Gasteiger partial charge in [0.2, 0.25) is 0 Å². The van der Waals surface area contributed by atoms with E-state index in [1.54, 1.807) is 0 Å². The zero-order chi connectivity index (χ0) is 6.85. The van der Waals surface area contributed by atoms with Gasteiger partial charge in [0.1, 0.15) is 0 Å². The van der Waals surface area contributed by atoms with Crippen LogP contribution >= 0.6 is 0 Å². The lowest BCUT2D eigenvalue weighted by atomic mass is 10.2. The van der Waals surface area contributed by atoms with E-state index in [0.717, 1.165) is 0 Å². The molecule has 0 unspecified atom stereocenters. The molecule has 2 atom stereocenters. The van der Waals surface area contributed by atoms with Crippen LogP contribution in [0.25, 0.3) is 0 Å². The molecular weight excluding hydrogens is 116 g/mol. The Hall–Kier alpha value is -0.780. The minimum atomic E-state index is -0.620. The SMILES string of the molecule is C#CC1=C[C@H](O)C[C@@H]1O. The van der Waals surface area contributed by atoms with Gasteiger partial charge in [-0.05, 0) is 6.08 Å². The monoisotopic (exact) mass is 124 g/mol. The lowest BCUT2D eigenvalue weighted by Crippen LogP contribution is -2.07. The minimum Gasteiger partial charge on any atom is -0.389 e. The summed E-state index contributed by atoms with van der Waals surface area (Å²) in [6.45, 7) is 0. The molecule has 0 saturated heterocycles.